The lowest BCUT2D eigenvalue weighted by molar-refractivity contribution is 0.414. The Morgan fingerprint density at radius 3 is 2.83 bits per heavy atom. The first-order valence-corrected chi connectivity index (χ1v) is 8.07. The van der Waals surface area contributed by atoms with Crippen LogP contribution >= 0.6 is 11.6 Å². The van der Waals surface area contributed by atoms with E-state index in [0.717, 1.165) is 35.2 Å². The minimum atomic E-state index is 0.387. The van der Waals surface area contributed by atoms with E-state index in [4.69, 9.17) is 16.3 Å². The molecule has 0 aliphatic heterocycles. The van der Waals surface area contributed by atoms with Gasteiger partial charge in [0.25, 0.3) is 0 Å². The molecule has 1 aliphatic carbocycles. The van der Waals surface area contributed by atoms with Gasteiger partial charge in [-0.25, -0.2) is 0 Å². The molecule has 1 N–H and O–H groups in total. The van der Waals surface area contributed by atoms with Gasteiger partial charge in [0.15, 0.2) is 0 Å². The van der Waals surface area contributed by atoms with Crippen molar-refractivity contribution < 1.29 is 4.74 Å². The highest BCUT2D eigenvalue weighted by Crippen LogP contribution is 2.30. The molecular formula is C19H17ClN2O. The SMILES string of the molecule is COc1ccc2c(c1)CC(Nc1ccnc3cc(Cl)ccc13)C2. The number of halogens is 1. The van der Waals surface area contributed by atoms with Crippen LogP contribution in [-0.2, 0) is 12.8 Å². The van der Waals surface area contributed by atoms with Crippen LogP contribution in [-0.4, -0.2) is 18.1 Å². The molecule has 3 aromatic rings. The fourth-order valence-corrected chi connectivity index (χ4v) is 3.46. The van der Waals surface area contributed by atoms with Crippen molar-refractivity contribution in [3.63, 3.8) is 0 Å². The van der Waals surface area contributed by atoms with Gasteiger partial charge in [0.2, 0.25) is 0 Å². The van der Waals surface area contributed by atoms with Crippen LogP contribution < -0.4 is 10.1 Å². The molecule has 0 saturated carbocycles. The van der Waals surface area contributed by atoms with Crippen molar-refractivity contribution in [2.45, 2.75) is 18.9 Å². The van der Waals surface area contributed by atoms with Gasteiger partial charge in [-0.3, -0.25) is 4.98 Å². The van der Waals surface area contributed by atoms with Crippen LogP contribution in [0, 0.1) is 0 Å². The summed E-state index contributed by atoms with van der Waals surface area (Å²) < 4.78 is 5.32. The van der Waals surface area contributed by atoms with Crippen LogP contribution in [0.15, 0.2) is 48.7 Å². The fraction of sp³-hybridized carbons (Fsp3) is 0.211. The summed E-state index contributed by atoms with van der Waals surface area (Å²) in [5.74, 6) is 0.924. The first kappa shape index (κ1) is 14.3. The molecule has 1 aromatic heterocycles. The quantitative estimate of drug-likeness (QED) is 0.771. The van der Waals surface area contributed by atoms with Crippen molar-refractivity contribution in [1.82, 2.24) is 4.98 Å². The molecule has 4 rings (SSSR count). The van der Waals surface area contributed by atoms with Crippen molar-refractivity contribution in [2.24, 2.45) is 0 Å². The first-order chi connectivity index (χ1) is 11.2. The summed E-state index contributed by atoms with van der Waals surface area (Å²) in [5.41, 5.74) is 4.78. The minimum absolute atomic E-state index is 0.387. The molecule has 0 saturated heterocycles. The summed E-state index contributed by atoms with van der Waals surface area (Å²) in [6.07, 6.45) is 3.85. The number of pyridine rings is 1. The summed E-state index contributed by atoms with van der Waals surface area (Å²) in [4.78, 5) is 4.40. The summed E-state index contributed by atoms with van der Waals surface area (Å²) in [7, 11) is 1.71. The van der Waals surface area contributed by atoms with Gasteiger partial charge in [-0.05, 0) is 60.4 Å². The molecule has 3 nitrogen and oxygen atoms in total. The number of methoxy groups -OCH3 is 1. The van der Waals surface area contributed by atoms with E-state index >= 15 is 0 Å². The highest BCUT2D eigenvalue weighted by Gasteiger charge is 2.22. The summed E-state index contributed by atoms with van der Waals surface area (Å²) in [6.45, 7) is 0. The second-order valence-corrected chi connectivity index (χ2v) is 6.34. The van der Waals surface area contributed by atoms with Crippen molar-refractivity contribution in [2.75, 3.05) is 12.4 Å². The molecule has 1 aliphatic rings. The molecule has 0 radical (unpaired) electrons. The number of anilines is 1. The largest absolute Gasteiger partial charge is 0.497 e. The van der Waals surface area contributed by atoms with Crippen molar-refractivity contribution in [3.05, 3.63) is 64.8 Å². The third-order valence-corrected chi connectivity index (χ3v) is 4.65. The topological polar surface area (TPSA) is 34.1 Å². The lowest BCUT2D eigenvalue weighted by atomic mass is 10.1. The van der Waals surface area contributed by atoms with Gasteiger partial charge in [0.1, 0.15) is 5.75 Å². The van der Waals surface area contributed by atoms with E-state index in [-0.39, 0.29) is 0 Å². The lowest BCUT2D eigenvalue weighted by Gasteiger charge is -2.15. The summed E-state index contributed by atoms with van der Waals surface area (Å²) in [6, 6.07) is 14.6. The number of aromatic nitrogens is 1. The van der Waals surface area contributed by atoms with Crippen LogP contribution in [0.3, 0.4) is 0 Å². The number of ether oxygens (including phenoxy) is 1. The van der Waals surface area contributed by atoms with Crippen molar-refractivity contribution >= 4 is 28.2 Å². The van der Waals surface area contributed by atoms with Gasteiger partial charge >= 0.3 is 0 Å². The van der Waals surface area contributed by atoms with Crippen LogP contribution in [0.25, 0.3) is 10.9 Å². The molecule has 2 aromatic carbocycles. The number of hydrogen-bond acceptors (Lipinski definition) is 3. The van der Waals surface area contributed by atoms with Crippen molar-refractivity contribution in [1.29, 1.82) is 0 Å². The smallest absolute Gasteiger partial charge is 0.119 e. The third kappa shape index (κ3) is 2.73. The second kappa shape index (κ2) is 5.74. The van der Waals surface area contributed by atoms with Gasteiger partial charge in [-0.1, -0.05) is 17.7 Å². The Balaban J connectivity index is 1.60. The first-order valence-electron chi connectivity index (χ1n) is 7.69. The monoisotopic (exact) mass is 324 g/mol. The highest BCUT2D eigenvalue weighted by molar-refractivity contribution is 6.31. The van der Waals surface area contributed by atoms with E-state index in [0.29, 0.717) is 11.1 Å². The third-order valence-electron chi connectivity index (χ3n) is 4.41. The van der Waals surface area contributed by atoms with Gasteiger partial charge in [0, 0.05) is 28.3 Å². The van der Waals surface area contributed by atoms with Crippen LogP contribution in [0.4, 0.5) is 5.69 Å². The van der Waals surface area contributed by atoms with Gasteiger partial charge in [-0.2, -0.15) is 0 Å². The Morgan fingerprint density at radius 2 is 1.96 bits per heavy atom. The zero-order valence-electron chi connectivity index (χ0n) is 12.8. The van der Waals surface area contributed by atoms with Crippen LogP contribution in [0.2, 0.25) is 5.02 Å². The summed E-state index contributed by atoms with van der Waals surface area (Å²) >= 11 is 6.06. The Kier molecular flexibility index (Phi) is 3.58. The number of benzene rings is 2. The van der Waals surface area contributed by atoms with Crippen LogP contribution in [0.1, 0.15) is 11.1 Å². The molecule has 0 fully saturated rings. The van der Waals surface area contributed by atoms with Gasteiger partial charge in [-0.15, -0.1) is 0 Å². The number of nitrogens with one attached hydrogen (secondary N) is 1. The zero-order valence-corrected chi connectivity index (χ0v) is 13.6. The normalized spacial score (nSPS) is 16.3. The molecule has 1 heterocycles. The van der Waals surface area contributed by atoms with E-state index < -0.39 is 0 Å². The Bertz CT molecular complexity index is 878. The molecular weight excluding hydrogens is 308 g/mol. The molecule has 1 unspecified atom stereocenters. The fourth-order valence-electron chi connectivity index (χ4n) is 3.29. The average Bonchev–Trinajstić information content (AvgIpc) is 2.96. The number of rotatable bonds is 3. The van der Waals surface area contributed by atoms with Gasteiger partial charge < -0.3 is 10.1 Å². The van der Waals surface area contributed by atoms with E-state index in [9.17, 15) is 0 Å². The molecule has 4 heteroatoms. The zero-order chi connectivity index (χ0) is 15.8. The van der Waals surface area contributed by atoms with Crippen LogP contribution in [0.5, 0.6) is 5.75 Å². The number of hydrogen-bond donors (Lipinski definition) is 1. The Hall–Kier alpha value is -2.26. The van der Waals surface area contributed by atoms with Gasteiger partial charge in [0.05, 0.1) is 12.6 Å². The second-order valence-electron chi connectivity index (χ2n) is 5.90. The minimum Gasteiger partial charge on any atom is -0.497 e. The molecule has 116 valence electrons. The maximum absolute atomic E-state index is 6.06. The van der Waals surface area contributed by atoms with E-state index in [1.165, 1.54) is 11.1 Å². The highest BCUT2D eigenvalue weighted by atomic mass is 35.5. The maximum atomic E-state index is 6.06. The summed E-state index contributed by atoms with van der Waals surface area (Å²) in [5, 5.41) is 5.48. The van der Waals surface area contributed by atoms with Crippen molar-refractivity contribution in [3.8, 4) is 5.75 Å². The predicted molar refractivity (Wildman–Crippen MR) is 94.6 cm³/mol. The molecule has 23 heavy (non-hydrogen) atoms. The molecule has 0 spiro atoms. The molecule has 0 amide bonds. The molecule has 1 atom stereocenters. The number of nitrogens with zero attached hydrogens (tertiary/aromatic N) is 1. The standard InChI is InChI=1S/C19H17ClN2O/c1-23-16-4-2-12-8-15(9-13(12)10-16)22-18-6-7-21-19-11-14(20)3-5-17(18)19/h2-7,10-11,15H,8-9H2,1H3,(H,21,22). The average molecular weight is 325 g/mol. The number of fused-ring (bicyclic) bond motifs is 2. The van der Waals surface area contributed by atoms with E-state index in [1.54, 1.807) is 7.11 Å². The van der Waals surface area contributed by atoms with E-state index in [1.807, 2.05) is 36.5 Å². The molecule has 0 bridgehead atoms. The van der Waals surface area contributed by atoms with E-state index in [2.05, 4.69) is 22.4 Å². The lowest BCUT2D eigenvalue weighted by Crippen LogP contribution is -2.19. The predicted octanol–water partition coefficient (Wildman–Crippen LogP) is 4.48. The Labute approximate surface area is 140 Å². The maximum Gasteiger partial charge on any atom is 0.119 e. The Morgan fingerprint density at radius 1 is 1.09 bits per heavy atom.